The average Bonchev–Trinajstić information content (AvgIpc) is 1.65. The van der Waals surface area contributed by atoms with Crippen LogP contribution in [0.4, 0.5) is 0 Å². The third-order valence-corrected chi connectivity index (χ3v) is 22.7. The highest BCUT2D eigenvalue weighted by Gasteiger charge is 2.70. The van der Waals surface area contributed by atoms with Crippen LogP contribution in [0.5, 0.6) is 0 Å². The third kappa shape index (κ3) is 16.7. The summed E-state index contributed by atoms with van der Waals surface area (Å²) in [4.78, 5) is 102. The minimum Gasteiger partial charge on any atom is -0.392 e. The number of Topliss-reactive ketones (excluding diaryl/α,β-unsaturated/α-hetero) is 3. The number of nitrogens with zero attached hydrogens (tertiary/aromatic N) is 5. The molecule has 1 aromatic heterocycles. The van der Waals surface area contributed by atoms with Crippen molar-refractivity contribution in [1.29, 1.82) is 0 Å². The van der Waals surface area contributed by atoms with Crippen molar-refractivity contribution in [3.05, 3.63) is 52.2 Å². The van der Waals surface area contributed by atoms with E-state index in [1.165, 1.54) is 4.90 Å². The molecule has 0 spiro atoms. The zero-order valence-electron chi connectivity index (χ0n) is 57.2. The molecule has 516 valence electrons. The number of allylic oxidation sites excluding steroid dienone is 1. The van der Waals surface area contributed by atoms with E-state index >= 15 is 0 Å². The first-order valence-corrected chi connectivity index (χ1v) is 34.8. The van der Waals surface area contributed by atoms with Gasteiger partial charge in [0.25, 0.3) is 0 Å². The number of carbonyl (C=O) groups is 7. The number of ether oxygens (including phenoxy) is 4. The van der Waals surface area contributed by atoms with Crippen LogP contribution in [0.15, 0.2) is 51.3 Å². The summed E-state index contributed by atoms with van der Waals surface area (Å²) in [5.74, 6) is -2.28. The van der Waals surface area contributed by atoms with Gasteiger partial charge in [-0.1, -0.05) is 105 Å². The van der Waals surface area contributed by atoms with Crippen LogP contribution in [-0.2, 0) is 52.5 Å². The van der Waals surface area contributed by atoms with Crippen LogP contribution in [0.3, 0.4) is 0 Å². The Morgan fingerprint density at radius 1 is 0.817 bits per heavy atom. The molecule has 4 amide bonds. The van der Waals surface area contributed by atoms with Crippen LogP contribution in [-0.4, -0.2) is 187 Å². The molecule has 1 unspecified atom stereocenters. The highest BCUT2D eigenvalue weighted by molar-refractivity contribution is 7.13. The lowest BCUT2D eigenvalue weighted by Crippen LogP contribution is -2.60. The van der Waals surface area contributed by atoms with E-state index in [1.807, 2.05) is 104 Å². The van der Waals surface area contributed by atoms with Crippen molar-refractivity contribution in [2.24, 2.45) is 61.1 Å². The number of rotatable bonds is 32. The predicted molar refractivity (Wildman–Crippen MR) is 351 cm³/mol. The maximum Gasteiger partial charge on any atom is 0.246 e. The molecule has 93 heavy (non-hydrogen) atoms. The van der Waals surface area contributed by atoms with E-state index in [-0.39, 0.29) is 117 Å². The van der Waals surface area contributed by atoms with Crippen molar-refractivity contribution in [3.63, 3.8) is 0 Å². The minimum absolute atomic E-state index is 0.00206. The Balaban J connectivity index is 0.619. The summed E-state index contributed by atoms with van der Waals surface area (Å²) >= 11 is 1.57. The summed E-state index contributed by atoms with van der Waals surface area (Å²) in [7, 11) is 0. The van der Waals surface area contributed by atoms with E-state index in [0.717, 1.165) is 34.5 Å². The fourth-order valence-electron chi connectivity index (χ4n) is 16.2. The standard InChI is InChI=1S/C70H106N8O14S/c1-42(51-36-57(84)70(12)60-53(81)37-55-67(8,9)56(83)21-22-68(55,10)59(60)54(82)38-69(51,70)11)33-49(79)34-43(2)63(86)71-23-25-89-27-29-91-31-32-92-30-28-90-26-24-77-39-48(75-76-77)15-13-14-16-58(85)74-62(66(5,6)7)65(88)78-40-50(80)35-52(78)64(87)73-44(3)46-17-19-47(20-18-46)61-45(4)72-41-93-61/h17-20,41-44,48,50-53,55,57,62,80-81,84H,13-16,21-40H2,1-12H3,(H,71,86)(H,73,87)(H,74,85)/t42-,43-,44+,48?,50-,51-,52+,53+,55+,57+,62-,68+,69-,70+/m1/s1. The van der Waals surface area contributed by atoms with Crippen molar-refractivity contribution < 1.29 is 67.8 Å². The van der Waals surface area contributed by atoms with Crippen molar-refractivity contribution in [2.45, 2.75) is 203 Å². The molecule has 6 aliphatic rings. The van der Waals surface area contributed by atoms with E-state index in [0.29, 0.717) is 103 Å². The van der Waals surface area contributed by atoms with Gasteiger partial charge in [-0.15, -0.1) is 11.3 Å². The Morgan fingerprint density at radius 2 is 1.47 bits per heavy atom. The van der Waals surface area contributed by atoms with E-state index in [9.17, 15) is 48.9 Å². The van der Waals surface area contributed by atoms with Gasteiger partial charge in [-0.25, -0.2) is 4.98 Å². The summed E-state index contributed by atoms with van der Waals surface area (Å²) in [6.07, 6.45) is 1.90. The average molecular weight is 1320 g/mol. The molecular formula is C70H106N8O14S. The Morgan fingerprint density at radius 3 is 2.12 bits per heavy atom. The van der Waals surface area contributed by atoms with Gasteiger partial charge < -0.3 is 55.1 Å². The number of β-amino-alcohol motifs (C(OH)–C–C–N with tert-alkyl or cyclic N) is 1. The molecule has 3 fully saturated rings. The number of aliphatic hydroxyl groups is 3. The predicted octanol–water partition coefficient (Wildman–Crippen LogP) is 7.64. The van der Waals surface area contributed by atoms with Gasteiger partial charge >= 0.3 is 0 Å². The molecule has 4 aliphatic carbocycles. The van der Waals surface area contributed by atoms with Gasteiger partial charge in [0, 0.05) is 79.4 Å². The number of carbonyl (C=O) groups excluding carboxylic acids is 7. The number of hydrogen-bond acceptors (Lipinski definition) is 19. The molecule has 2 saturated carbocycles. The van der Waals surface area contributed by atoms with Gasteiger partial charge in [-0.05, 0) is 91.2 Å². The summed E-state index contributed by atoms with van der Waals surface area (Å²) in [6, 6.07) is 5.82. The van der Waals surface area contributed by atoms with Crippen LogP contribution in [0.2, 0.25) is 0 Å². The van der Waals surface area contributed by atoms with Crippen LogP contribution in [0.1, 0.15) is 171 Å². The quantitative estimate of drug-likeness (QED) is 0.0383. The number of nitrogens with one attached hydrogen (secondary N) is 3. The molecule has 2 aromatic rings. The van der Waals surface area contributed by atoms with E-state index in [4.69, 9.17) is 18.9 Å². The first-order chi connectivity index (χ1) is 43.9. The van der Waals surface area contributed by atoms with Crippen molar-refractivity contribution in [2.75, 3.05) is 79.0 Å². The number of benzene rings is 1. The summed E-state index contributed by atoms with van der Waals surface area (Å²) < 4.78 is 22.7. The topological polar surface area (TPSA) is 297 Å². The van der Waals surface area contributed by atoms with Gasteiger partial charge in [-0.3, -0.25) is 38.6 Å². The zero-order chi connectivity index (χ0) is 67.8. The van der Waals surface area contributed by atoms with Crippen LogP contribution < -0.4 is 16.0 Å². The lowest BCUT2D eigenvalue weighted by atomic mass is 9.42. The van der Waals surface area contributed by atoms with Crippen molar-refractivity contribution in [1.82, 2.24) is 30.8 Å². The molecule has 3 heterocycles. The molecule has 8 rings (SSSR count). The summed E-state index contributed by atoms with van der Waals surface area (Å²) in [6.45, 7) is 27.7. The molecule has 6 N–H and O–H groups in total. The number of aromatic nitrogens is 1. The number of thiazole rings is 1. The number of fused-ring (bicyclic) bond motifs is 4. The highest BCUT2D eigenvalue weighted by Crippen LogP contribution is 2.71. The maximum absolute atomic E-state index is 14.4. The summed E-state index contributed by atoms with van der Waals surface area (Å²) in [5, 5.41) is 54.0. The van der Waals surface area contributed by atoms with Gasteiger partial charge in [-0.2, -0.15) is 5.11 Å². The fraction of sp³-hybridized carbons (Fsp3) is 0.743. The molecule has 1 aromatic carbocycles. The number of hydrogen-bond donors (Lipinski definition) is 6. The highest BCUT2D eigenvalue weighted by atomic mass is 32.1. The van der Waals surface area contributed by atoms with Gasteiger partial charge in [0.05, 0.1) is 112 Å². The SMILES string of the molecule is Cc1ncsc1-c1ccc([C@H](C)NC(=O)[C@@H]2C[C@@H](O)CN2C(=O)[C@@H](NC(=O)CCCCC2CN(CCOCCOCCOCCOCCNC(=O)[C@H](C)CC(=O)C[C@@H](C)[C@H]3C[C@H](O)[C@@]4(C)C5=C(C(=O)C[C@]34C)[C@@]3(C)CCC(=O)C(C)(C)[C@@H]3C[C@@H]5O)N=N2)C(C)(C)C)cc1. The second kappa shape index (κ2) is 31.2. The summed E-state index contributed by atoms with van der Waals surface area (Å²) in [5.41, 5.74) is 2.48. The Labute approximate surface area is 553 Å². The van der Waals surface area contributed by atoms with Gasteiger partial charge in [0.2, 0.25) is 23.6 Å². The number of aryl methyl sites for hydroxylation is 1. The second-order valence-electron chi connectivity index (χ2n) is 29.7. The van der Waals surface area contributed by atoms with Crippen molar-refractivity contribution >= 4 is 52.3 Å². The fourth-order valence-corrected chi connectivity index (χ4v) is 17.0. The van der Waals surface area contributed by atoms with Crippen LogP contribution >= 0.6 is 11.3 Å². The Bertz CT molecular complexity index is 3040. The van der Waals surface area contributed by atoms with E-state index < -0.39 is 69.3 Å². The molecule has 2 aliphatic heterocycles. The number of ketones is 3. The molecular weight excluding hydrogens is 1210 g/mol. The molecule has 1 saturated heterocycles. The Kier molecular flexibility index (Phi) is 24.6. The maximum atomic E-state index is 14.4. The van der Waals surface area contributed by atoms with Gasteiger partial charge in [0.1, 0.15) is 23.7 Å². The first kappa shape index (κ1) is 73.4. The molecule has 22 nitrogen and oxygen atoms in total. The molecule has 23 heteroatoms. The monoisotopic (exact) mass is 1310 g/mol. The smallest absolute Gasteiger partial charge is 0.246 e. The molecule has 0 bridgehead atoms. The first-order valence-electron chi connectivity index (χ1n) is 33.9. The molecule has 0 radical (unpaired) electrons. The number of aliphatic hydroxyl groups excluding tert-OH is 3. The largest absolute Gasteiger partial charge is 0.392 e. The number of amides is 4. The number of likely N-dealkylation sites (tertiary alicyclic amines) is 1. The third-order valence-electron chi connectivity index (χ3n) is 21.8. The zero-order valence-corrected chi connectivity index (χ0v) is 58.0. The Hall–Kier alpha value is -5.40. The number of unbranched alkanes of at least 4 members (excludes halogenated alkanes) is 1. The molecule has 14 atom stereocenters. The van der Waals surface area contributed by atoms with Crippen LogP contribution in [0, 0.1) is 57.7 Å². The van der Waals surface area contributed by atoms with Crippen molar-refractivity contribution in [3.8, 4) is 10.4 Å². The lowest BCUT2D eigenvalue weighted by Gasteiger charge is -2.61. The van der Waals surface area contributed by atoms with E-state index in [2.05, 4.69) is 38.2 Å². The van der Waals surface area contributed by atoms with Crippen LogP contribution in [0.25, 0.3) is 10.4 Å². The lowest BCUT2D eigenvalue weighted by molar-refractivity contribution is -0.146. The van der Waals surface area contributed by atoms with E-state index in [1.54, 1.807) is 18.3 Å². The minimum atomic E-state index is -0.957. The second-order valence-corrected chi connectivity index (χ2v) is 30.6. The normalized spacial score (nSPS) is 28.7. The van der Waals surface area contributed by atoms with Gasteiger partial charge in [0.15, 0.2) is 5.78 Å².